The predicted molar refractivity (Wildman–Crippen MR) is 117 cm³/mol. The summed E-state index contributed by atoms with van der Waals surface area (Å²) in [7, 11) is 0. The molecule has 0 unspecified atom stereocenters. The van der Waals surface area contributed by atoms with E-state index in [-0.39, 0.29) is 6.54 Å². The summed E-state index contributed by atoms with van der Waals surface area (Å²) in [5, 5.41) is 0. The van der Waals surface area contributed by atoms with E-state index in [1.165, 1.54) is 6.20 Å². The van der Waals surface area contributed by atoms with Gasteiger partial charge in [0.1, 0.15) is 12.3 Å². The van der Waals surface area contributed by atoms with Crippen LogP contribution in [0.15, 0.2) is 67.0 Å². The molecular weight excluding hydrogens is 508 g/mol. The Hall–Kier alpha value is -4.29. The van der Waals surface area contributed by atoms with E-state index in [0.29, 0.717) is 35.1 Å². The molecule has 2 aromatic carbocycles. The average molecular weight is 525 g/mol. The first-order chi connectivity index (χ1) is 17.4. The quantitative estimate of drug-likeness (QED) is 0.304. The summed E-state index contributed by atoms with van der Waals surface area (Å²) in [4.78, 5) is 31.4. The summed E-state index contributed by atoms with van der Waals surface area (Å²) in [6.07, 6.45) is -6.92. The molecule has 0 N–H and O–H groups in total. The Morgan fingerprint density at radius 2 is 1.57 bits per heavy atom. The van der Waals surface area contributed by atoms with Gasteiger partial charge in [-0.05, 0) is 41.3 Å². The van der Waals surface area contributed by atoms with E-state index in [9.17, 15) is 35.9 Å². The highest BCUT2D eigenvalue weighted by molar-refractivity contribution is 6.20. The Kier molecular flexibility index (Phi) is 6.96. The molecule has 7 nitrogen and oxygen atoms in total. The van der Waals surface area contributed by atoms with Crippen molar-refractivity contribution in [3.05, 3.63) is 83.7 Å². The molecule has 37 heavy (non-hydrogen) atoms. The third kappa shape index (κ3) is 6.48. The normalized spacial score (nSPS) is 14.3. The van der Waals surface area contributed by atoms with E-state index in [4.69, 9.17) is 0 Å². The molecule has 1 saturated heterocycles. The molecule has 3 aromatic rings. The zero-order valence-electron chi connectivity index (χ0n) is 18.7. The van der Waals surface area contributed by atoms with Gasteiger partial charge in [0.15, 0.2) is 5.75 Å². The van der Waals surface area contributed by atoms with Gasteiger partial charge in [0.25, 0.3) is 5.91 Å². The zero-order chi connectivity index (χ0) is 26.8. The number of alkyl halides is 6. The van der Waals surface area contributed by atoms with Crippen LogP contribution in [0.5, 0.6) is 11.5 Å². The third-order valence-corrected chi connectivity index (χ3v) is 5.27. The number of hydrogen-bond donors (Lipinski definition) is 0. The Bertz CT molecular complexity index is 1300. The van der Waals surface area contributed by atoms with Crippen molar-refractivity contribution >= 4 is 17.6 Å². The number of rotatable bonds is 7. The molecule has 0 radical (unpaired) electrons. The third-order valence-electron chi connectivity index (χ3n) is 5.27. The van der Waals surface area contributed by atoms with Gasteiger partial charge in [-0.1, -0.05) is 30.3 Å². The predicted octanol–water partition coefficient (Wildman–Crippen LogP) is 5.44. The van der Waals surface area contributed by atoms with Crippen LogP contribution in [0.4, 0.5) is 36.8 Å². The van der Waals surface area contributed by atoms with E-state index in [1.807, 2.05) is 30.3 Å². The number of carbonyl (C=O) groups is 2. The maximum Gasteiger partial charge on any atom is 0.573 e. The van der Waals surface area contributed by atoms with Crippen molar-refractivity contribution in [2.75, 3.05) is 11.4 Å². The van der Waals surface area contributed by atoms with Gasteiger partial charge >= 0.3 is 18.8 Å². The van der Waals surface area contributed by atoms with E-state index < -0.39 is 48.4 Å². The smallest absolute Gasteiger partial charge is 0.406 e. The fourth-order valence-electron chi connectivity index (χ4n) is 3.78. The summed E-state index contributed by atoms with van der Waals surface area (Å²) in [5.41, 5.74) is 1.71. The maximum absolute atomic E-state index is 13.1. The SMILES string of the molecule is O=C1CN(Cc2ccncc2Cc2ccccc2)C(=O)N1c1ccc(OC(F)(F)F)cc1OC(F)(F)F. The number of pyridine rings is 1. The first-order valence-corrected chi connectivity index (χ1v) is 10.6. The largest absolute Gasteiger partial charge is 0.573 e. The van der Waals surface area contributed by atoms with Crippen molar-refractivity contribution in [3.8, 4) is 11.5 Å². The highest BCUT2D eigenvalue weighted by Crippen LogP contribution is 2.39. The molecule has 0 atom stereocenters. The number of halogens is 6. The minimum atomic E-state index is -5.32. The molecule has 1 fully saturated rings. The first kappa shape index (κ1) is 25.8. The highest BCUT2D eigenvalue weighted by Gasteiger charge is 2.41. The number of amides is 3. The van der Waals surface area contributed by atoms with Gasteiger partial charge in [0.2, 0.25) is 0 Å². The number of urea groups is 1. The van der Waals surface area contributed by atoms with Gasteiger partial charge < -0.3 is 14.4 Å². The van der Waals surface area contributed by atoms with Crippen LogP contribution in [0.1, 0.15) is 16.7 Å². The molecule has 0 spiro atoms. The van der Waals surface area contributed by atoms with E-state index in [2.05, 4.69) is 14.5 Å². The molecule has 1 aromatic heterocycles. The van der Waals surface area contributed by atoms with Crippen molar-refractivity contribution in [1.82, 2.24) is 9.88 Å². The van der Waals surface area contributed by atoms with Gasteiger partial charge in [0.05, 0.1) is 5.69 Å². The fraction of sp³-hybridized carbons (Fsp3) is 0.208. The first-order valence-electron chi connectivity index (χ1n) is 10.6. The van der Waals surface area contributed by atoms with Crippen LogP contribution in [0.2, 0.25) is 0 Å². The number of imide groups is 1. The second-order valence-corrected chi connectivity index (χ2v) is 7.90. The number of anilines is 1. The molecule has 1 aliphatic rings. The minimum absolute atomic E-state index is 0.0590. The number of benzene rings is 2. The molecule has 13 heteroatoms. The Morgan fingerprint density at radius 1 is 0.865 bits per heavy atom. The topological polar surface area (TPSA) is 72.0 Å². The van der Waals surface area contributed by atoms with Gasteiger partial charge in [0, 0.05) is 25.0 Å². The van der Waals surface area contributed by atoms with Crippen molar-refractivity contribution in [1.29, 1.82) is 0 Å². The second kappa shape index (κ2) is 9.99. The molecule has 4 rings (SSSR count). The maximum atomic E-state index is 13.1. The fourth-order valence-corrected chi connectivity index (χ4v) is 3.78. The van der Waals surface area contributed by atoms with Gasteiger partial charge in [-0.2, -0.15) is 0 Å². The van der Waals surface area contributed by atoms with Gasteiger partial charge in [-0.3, -0.25) is 9.78 Å². The summed E-state index contributed by atoms with van der Waals surface area (Å²) in [5.74, 6) is -3.11. The number of aromatic nitrogens is 1. The molecule has 0 saturated carbocycles. The van der Waals surface area contributed by atoms with Crippen LogP contribution in [0.25, 0.3) is 0 Å². The molecule has 2 heterocycles. The lowest BCUT2D eigenvalue weighted by Gasteiger charge is -2.21. The monoisotopic (exact) mass is 525 g/mol. The molecule has 1 aliphatic heterocycles. The average Bonchev–Trinajstić information content (AvgIpc) is 3.07. The molecule has 194 valence electrons. The lowest BCUT2D eigenvalue weighted by molar-refractivity contribution is -0.276. The van der Waals surface area contributed by atoms with Crippen LogP contribution >= 0.6 is 0 Å². The van der Waals surface area contributed by atoms with Crippen molar-refractivity contribution < 1.29 is 45.4 Å². The van der Waals surface area contributed by atoms with E-state index in [0.717, 1.165) is 16.0 Å². The lowest BCUT2D eigenvalue weighted by atomic mass is 10.0. The molecular formula is C24H17F6N3O4. The number of nitrogens with zero attached hydrogens (tertiary/aromatic N) is 3. The van der Waals surface area contributed by atoms with Crippen LogP contribution in [-0.4, -0.2) is 41.1 Å². The number of hydrogen-bond acceptors (Lipinski definition) is 5. The molecule has 0 aliphatic carbocycles. The van der Waals surface area contributed by atoms with Crippen molar-refractivity contribution in [3.63, 3.8) is 0 Å². The van der Waals surface area contributed by atoms with Gasteiger partial charge in [-0.25, -0.2) is 9.69 Å². The molecule has 3 amide bonds. The summed E-state index contributed by atoms with van der Waals surface area (Å²) in [6, 6.07) is 11.8. The standard InChI is InChI=1S/C24H17F6N3O4/c25-23(26,27)36-18-6-7-19(20(11-18)37-24(28,29)30)33-21(34)14-32(22(33)35)13-16-8-9-31-12-17(16)10-15-4-2-1-3-5-15/h1-9,11-12H,10,13-14H2. The minimum Gasteiger partial charge on any atom is -0.406 e. The van der Waals surface area contributed by atoms with Gasteiger partial charge in [-0.15, -0.1) is 26.3 Å². The van der Waals surface area contributed by atoms with Crippen LogP contribution < -0.4 is 14.4 Å². The van der Waals surface area contributed by atoms with Crippen LogP contribution in [0, 0.1) is 0 Å². The van der Waals surface area contributed by atoms with Crippen molar-refractivity contribution in [2.45, 2.75) is 25.7 Å². The lowest BCUT2D eigenvalue weighted by Crippen LogP contribution is -2.33. The summed E-state index contributed by atoms with van der Waals surface area (Å²) < 4.78 is 84.0. The molecule has 0 bridgehead atoms. The van der Waals surface area contributed by atoms with Crippen LogP contribution in [-0.2, 0) is 17.8 Å². The van der Waals surface area contributed by atoms with E-state index in [1.54, 1.807) is 12.3 Å². The highest BCUT2D eigenvalue weighted by atomic mass is 19.4. The Morgan fingerprint density at radius 3 is 2.24 bits per heavy atom. The van der Waals surface area contributed by atoms with Crippen LogP contribution in [0.3, 0.4) is 0 Å². The zero-order valence-corrected chi connectivity index (χ0v) is 18.7. The van der Waals surface area contributed by atoms with Crippen molar-refractivity contribution in [2.24, 2.45) is 0 Å². The number of carbonyl (C=O) groups excluding carboxylic acids is 2. The Balaban J connectivity index is 1.60. The second-order valence-electron chi connectivity index (χ2n) is 7.90. The summed E-state index contributed by atoms with van der Waals surface area (Å²) in [6.45, 7) is -0.533. The van der Waals surface area contributed by atoms with E-state index >= 15 is 0 Å². The Labute approximate surface area is 205 Å². The summed E-state index contributed by atoms with van der Waals surface area (Å²) >= 11 is 0. The number of ether oxygens (including phenoxy) is 2.